The van der Waals surface area contributed by atoms with Gasteiger partial charge in [0.2, 0.25) is 0 Å². The van der Waals surface area contributed by atoms with Gasteiger partial charge in [-0.05, 0) is 23.8 Å². The summed E-state index contributed by atoms with van der Waals surface area (Å²) in [7, 11) is 0. The number of aliphatic hydroxyl groups excluding tert-OH is 1. The van der Waals surface area contributed by atoms with Crippen LogP contribution in [0, 0.1) is 0 Å². The van der Waals surface area contributed by atoms with Crippen molar-refractivity contribution in [3.05, 3.63) is 46.7 Å². The van der Waals surface area contributed by atoms with Crippen LogP contribution >= 0.6 is 11.6 Å². The largest absolute Gasteiger partial charge is 0.488 e. The van der Waals surface area contributed by atoms with Crippen molar-refractivity contribution in [2.75, 3.05) is 6.61 Å². The summed E-state index contributed by atoms with van der Waals surface area (Å²) in [4.78, 5) is 0. The summed E-state index contributed by atoms with van der Waals surface area (Å²) in [5, 5.41) is 9.58. The highest BCUT2D eigenvalue weighted by atomic mass is 35.5. The Balaban J connectivity index is 2.12. The van der Waals surface area contributed by atoms with Crippen LogP contribution in [-0.2, 0) is 4.74 Å². The maximum atomic E-state index is 8.87. The Hall–Kier alpha value is -0.990. The fraction of sp³-hybridized carbons (Fsp3) is 0.273. The lowest BCUT2D eigenvalue weighted by molar-refractivity contribution is 0.114. The maximum absolute atomic E-state index is 8.87. The van der Waals surface area contributed by atoms with Crippen LogP contribution in [-0.4, -0.2) is 11.7 Å². The van der Waals surface area contributed by atoms with E-state index in [2.05, 4.69) is 0 Å². The fourth-order valence-corrected chi connectivity index (χ4v) is 1.73. The van der Waals surface area contributed by atoms with E-state index in [0.29, 0.717) is 10.8 Å². The van der Waals surface area contributed by atoms with Gasteiger partial charge in [0, 0.05) is 11.4 Å². The minimum Gasteiger partial charge on any atom is -0.488 e. The SMILES string of the molecule is OCC1=CCC(c2cccc(Cl)c2)O1. The molecule has 0 aliphatic carbocycles. The van der Waals surface area contributed by atoms with Crippen molar-refractivity contribution in [3.63, 3.8) is 0 Å². The molecule has 0 saturated carbocycles. The summed E-state index contributed by atoms with van der Waals surface area (Å²) >= 11 is 5.87. The molecule has 0 radical (unpaired) electrons. The molecular formula is C11H11ClO2. The van der Waals surface area contributed by atoms with E-state index in [1.807, 2.05) is 30.3 Å². The van der Waals surface area contributed by atoms with Crippen molar-refractivity contribution < 1.29 is 9.84 Å². The zero-order valence-corrected chi connectivity index (χ0v) is 8.37. The van der Waals surface area contributed by atoms with Gasteiger partial charge in [0.15, 0.2) is 0 Å². The van der Waals surface area contributed by atoms with E-state index in [1.165, 1.54) is 0 Å². The molecule has 1 unspecified atom stereocenters. The average Bonchev–Trinajstić information content (AvgIpc) is 2.66. The van der Waals surface area contributed by atoms with Crippen molar-refractivity contribution in [2.45, 2.75) is 12.5 Å². The molecule has 1 N–H and O–H groups in total. The van der Waals surface area contributed by atoms with E-state index < -0.39 is 0 Å². The first-order valence-electron chi connectivity index (χ1n) is 4.51. The monoisotopic (exact) mass is 210 g/mol. The van der Waals surface area contributed by atoms with Crippen molar-refractivity contribution in [1.29, 1.82) is 0 Å². The van der Waals surface area contributed by atoms with Crippen molar-refractivity contribution in [3.8, 4) is 0 Å². The minimum atomic E-state index is -0.0307. The second kappa shape index (κ2) is 4.03. The van der Waals surface area contributed by atoms with Crippen LogP contribution in [0.25, 0.3) is 0 Å². The predicted octanol–water partition coefficient (Wildman–Crippen LogP) is 2.68. The number of hydrogen-bond acceptors (Lipinski definition) is 2. The molecule has 0 fully saturated rings. The van der Waals surface area contributed by atoms with Crippen LogP contribution in [0.2, 0.25) is 5.02 Å². The van der Waals surface area contributed by atoms with Crippen LogP contribution < -0.4 is 0 Å². The first-order valence-corrected chi connectivity index (χ1v) is 4.89. The highest BCUT2D eigenvalue weighted by Crippen LogP contribution is 2.31. The molecule has 0 spiro atoms. The van der Waals surface area contributed by atoms with E-state index in [4.69, 9.17) is 21.4 Å². The molecule has 3 heteroatoms. The molecule has 1 aromatic carbocycles. The van der Waals surface area contributed by atoms with E-state index in [0.717, 1.165) is 12.0 Å². The zero-order valence-electron chi connectivity index (χ0n) is 7.61. The van der Waals surface area contributed by atoms with E-state index in [-0.39, 0.29) is 12.7 Å². The van der Waals surface area contributed by atoms with E-state index in [1.54, 1.807) is 0 Å². The molecule has 0 saturated heterocycles. The van der Waals surface area contributed by atoms with Gasteiger partial charge < -0.3 is 9.84 Å². The number of benzene rings is 1. The van der Waals surface area contributed by atoms with Gasteiger partial charge in [-0.25, -0.2) is 0 Å². The van der Waals surface area contributed by atoms with Gasteiger partial charge in [-0.2, -0.15) is 0 Å². The third-order valence-electron chi connectivity index (χ3n) is 2.23. The Morgan fingerprint density at radius 3 is 3.00 bits per heavy atom. The van der Waals surface area contributed by atoms with Crippen molar-refractivity contribution >= 4 is 11.6 Å². The second-order valence-corrected chi connectivity index (χ2v) is 3.66. The minimum absolute atomic E-state index is 0.0100. The number of halogens is 1. The molecule has 1 atom stereocenters. The smallest absolute Gasteiger partial charge is 0.127 e. The van der Waals surface area contributed by atoms with Crippen LogP contribution in [0.3, 0.4) is 0 Å². The zero-order chi connectivity index (χ0) is 9.97. The molecule has 14 heavy (non-hydrogen) atoms. The van der Waals surface area contributed by atoms with Crippen LogP contribution in [0.4, 0.5) is 0 Å². The van der Waals surface area contributed by atoms with E-state index >= 15 is 0 Å². The standard InChI is InChI=1S/C11H11ClO2/c12-9-3-1-2-8(6-9)11-5-4-10(7-13)14-11/h1-4,6,11,13H,5,7H2. The second-order valence-electron chi connectivity index (χ2n) is 3.23. The third-order valence-corrected chi connectivity index (χ3v) is 2.46. The molecular weight excluding hydrogens is 200 g/mol. The normalized spacial score (nSPS) is 20.4. The van der Waals surface area contributed by atoms with Crippen LogP contribution in [0.1, 0.15) is 18.1 Å². The summed E-state index contributed by atoms with van der Waals surface area (Å²) < 4.78 is 5.50. The Labute approximate surface area is 87.8 Å². The summed E-state index contributed by atoms with van der Waals surface area (Å²) in [6.07, 6.45) is 2.72. The summed E-state index contributed by atoms with van der Waals surface area (Å²) in [6, 6.07) is 7.60. The molecule has 1 aliphatic heterocycles. The fourth-order valence-electron chi connectivity index (χ4n) is 1.53. The summed E-state index contributed by atoms with van der Waals surface area (Å²) in [6.45, 7) is -0.0307. The molecule has 74 valence electrons. The number of rotatable bonds is 2. The molecule has 2 rings (SSSR count). The van der Waals surface area contributed by atoms with Gasteiger partial charge in [-0.15, -0.1) is 0 Å². The van der Waals surface area contributed by atoms with Crippen LogP contribution in [0.5, 0.6) is 0 Å². The van der Waals surface area contributed by atoms with Crippen LogP contribution in [0.15, 0.2) is 36.1 Å². The Morgan fingerprint density at radius 2 is 2.36 bits per heavy atom. The number of hydrogen-bond donors (Lipinski definition) is 1. The first-order chi connectivity index (χ1) is 6.79. The molecule has 2 nitrogen and oxygen atoms in total. The topological polar surface area (TPSA) is 29.5 Å². The lowest BCUT2D eigenvalue weighted by Gasteiger charge is -2.12. The Morgan fingerprint density at radius 1 is 1.50 bits per heavy atom. The summed E-state index contributed by atoms with van der Waals surface area (Å²) in [5.74, 6) is 0.648. The van der Waals surface area contributed by atoms with Gasteiger partial charge in [0.05, 0.1) is 0 Å². The maximum Gasteiger partial charge on any atom is 0.127 e. The lowest BCUT2D eigenvalue weighted by Crippen LogP contribution is -1.98. The Bertz CT molecular complexity index is 360. The number of ether oxygens (including phenoxy) is 1. The average molecular weight is 211 g/mol. The van der Waals surface area contributed by atoms with E-state index in [9.17, 15) is 0 Å². The first kappa shape index (κ1) is 9.56. The Kier molecular flexibility index (Phi) is 2.75. The molecule has 1 heterocycles. The summed E-state index contributed by atoms with van der Waals surface area (Å²) in [5.41, 5.74) is 1.05. The third kappa shape index (κ3) is 1.91. The highest BCUT2D eigenvalue weighted by Gasteiger charge is 2.19. The van der Waals surface area contributed by atoms with Gasteiger partial charge in [0.1, 0.15) is 18.5 Å². The van der Waals surface area contributed by atoms with Gasteiger partial charge in [-0.3, -0.25) is 0 Å². The molecule has 0 amide bonds. The quantitative estimate of drug-likeness (QED) is 0.813. The lowest BCUT2D eigenvalue weighted by atomic mass is 10.1. The molecule has 1 aromatic rings. The van der Waals surface area contributed by atoms with Gasteiger partial charge >= 0.3 is 0 Å². The molecule has 0 bridgehead atoms. The molecule has 0 aromatic heterocycles. The predicted molar refractivity (Wildman–Crippen MR) is 55.1 cm³/mol. The number of aliphatic hydroxyl groups is 1. The van der Waals surface area contributed by atoms with Gasteiger partial charge in [-0.1, -0.05) is 23.7 Å². The van der Waals surface area contributed by atoms with Gasteiger partial charge in [0.25, 0.3) is 0 Å². The molecule has 1 aliphatic rings. The highest BCUT2D eigenvalue weighted by molar-refractivity contribution is 6.30. The van der Waals surface area contributed by atoms with Crippen molar-refractivity contribution in [1.82, 2.24) is 0 Å². The van der Waals surface area contributed by atoms with Crippen molar-refractivity contribution in [2.24, 2.45) is 0 Å².